The minimum atomic E-state index is -0.0238. The molecule has 0 saturated carbocycles. The summed E-state index contributed by atoms with van der Waals surface area (Å²) in [7, 11) is 0. The molecule has 5 heteroatoms. The monoisotopic (exact) mass is 363 g/mol. The molecular weight excluding hydrogens is 342 g/mol. The number of nitrogens with one attached hydrogen (secondary N) is 1. The predicted octanol–water partition coefficient (Wildman–Crippen LogP) is 4.85. The maximum atomic E-state index is 12.1. The van der Waals surface area contributed by atoms with Crippen molar-refractivity contribution < 1.29 is 9.53 Å². The Kier molecular flexibility index (Phi) is 7.47. The smallest absolute Gasteiger partial charge is 0.230 e. The van der Waals surface area contributed by atoms with E-state index in [1.807, 2.05) is 62.4 Å². The molecule has 0 fully saturated rings. The molecule has 0 aliphatic heterocycles. The fourth-order valence-electron chi connectivity index (χ4n) is 2.23. The molecule has 0 bridgehead atoms. The highest BCUT2D eigenvalue weighted by molar-refractivity contribution is 7.99. The first-order valence-electron chi connectivity index (χ1n) is 7.92. The van der Waals surface area contributed by atoms with Gasteiger partial charge in [-0.05, 0) is 49.2 Å². The quantitative estimate of drug-likeness (QED) is 0.728. The first-order chi connectivity index (χ1) is 11.6. The molecule has 0 aliphatic rings. The minimum absolute atomic E-state index is 0.0238. The van der Waals surface area contributed by atoms with Crippen LogP contribution in [0, 0.1) is 0 Å². The second-order valence-electron chi connectivity index (χ2n) is 5.41. The van der Waals surface area contributed by atoms with Gasteiger partial charge in [0.15, 0.2) is 0 Å². The summed E-state index contributed by atoms with van der Waals surface area (Å²) in [6.45, 7) is 4.59. The van der Waals surface area contributed by atoms with E-state index in [4.69, 9.17) is 16.3 Å². The third kappa shape index (κ3) is 6.10. The molecule has 0 spiro atoms. The number of thioether (sulfide) groups is 1. The molecule has 0 radical (unpaired) electrons. The predicted molar refractivity (Wildman–Crippen MR) is 102 cm³/mol. The SMILES string of the molecule is CCOc1ccc([C@@H](C)NC(=O)CSCc2ccc(Cl)cc2)cc1. The molecule has 0 heterocycles. The summed E-state index contributed by atoms with van der Waals surface area (Å²) in [5.41, 5.74) is 2.23. The first kappa shape index (κ1) is 18.7. The summed E-state index contributed by atoms with van der Waals surface area (Å²) >= 11 is 7.45. The Balaban J connectivity index is 1.75. The number of amides is 1. The molecule has 1 amide bonds. The van der Waals surface area contributed by atoms with Gasteiger partial charge in [-0.3, -0.25) is 4.79 Å². The Morgan fingerprint density at radius 3 is 2.46 bits per heavy atom. The van der Waals surface area contributed by atoms with Gasteiger partial charge in [0.1, 0.15) is 5.75 Å². The summed E-state index contributed by atoms with van der Waals surface area (Å²) < 4.78 is 5.43. The highest BCUT2D eigenvalue weighted by Crippen LogP contribution is 2.19. The van der Waals surface area contributed by atoms with Crippen LogP contribution in [-0.2, 0) is 10.5 Å². The van der Waals surface area contributed by atoms with Gasteiger partial charge >= 0.3 is 0 Å². The van der Waals surface area contributed by atoms with E-state index in [-0.39, 0.29) is 11.9 Å². The van der Waals surface area contributed by atoms with Gasteiger partial charge in [-0.1, -0.05) is 35.9 Å². The Bertz CT molecular complexity index is 643. The van der Waals surface area contributed by atoms with E-state index >= 15 is 0 Å². The van der Waals surface area contributed by atoms with E-state index in [9.17, 15) is 4.79 Å². The maximum absolute atomic E-state index is 12.1. The van der Waals surface area contributed by atoms with Crippen molar-refractivity contribution >= 4 is 29.3 Å². The number of ether oxygens (including phenoxy) is 1. The zero-order valence-corrected chi connectivity index (χ0v) is 15.5. The lowest BCUT2D eigenvalue weighted by Crippen LogP contribution is -2.28. The molecule has 24 heavy (non-hydrogen) atoms. The Labute approximate surface area is 152 Å². The van der Waals surface area contributed by atoms with Crippen LogP contribution < -0.4 is 10.1 Å². The Morgan fingerprint density at radius 1 is 1.17 bits per heavy atom. The maximum Gasteiger partial charge on any atom is 0.230 e. The van der Waals surface area contributed by atoms with Crippen LogP contribution in [-0.4, -0.2) is 18.3 Å². The zero-order valence-electron chi connectivity index (χ0n) is 13.9. The number of halogens is 1. The van der Waals surface area contributed by atoms with Crippen LogP contribution in [0.4, 0.5) is 0 Å². The van der Waals surface area contributed by atoms with Crippen LogP contribution >= 0.6 is 23.4 Å². The zero-order chi connectivity index (χ0) is 17.4. The van der Waals surface area contributed by atoms with E-state index < -0.39 is 0 Å². The standard InChI is InChI=1S/C19H22ClNO2S/c1-3-23-18-10-6-16(7-11-18)14(2)21-19(22)13-24-12-15-4-8-17(20)9-5-15/h4-11,14H,3,12-13H2,1-2H3,(H,21,22)/t14-/m1/s1. The summed E-state index contributed by atoms with van der Waals surface area (Å²) in [6, 6.07) is 15.5. The van der Waals surface area contributed by atoms with Gasteiger partial charge in [-0.2, -0.15) is 0 Å². The largest absolute Gasteiger partial charge is 0.494 e. The second-order valence-corrected chi connectivity index (χ2v) is 6.83. The molecule has 128 valence electrons. The summed E-state index contributed by atoms with van der Waals surface area (Å²) in [6.07, 6.45) is 0. The van der Waals surface area contributed by atoms with Crippen molar-refractivity contribution in [1.29, 1.82) is 0 Å². The highest BCUT2D eigenvalue weighted by Gasteiger charge is 2.10. The molecule has 3 nitrogen and oxygen atoms in total. The van der Waals surface area contributed by atoms with Crippen molar-refractivity contribution in [2.75, 3.05) is 12.4 Å². The van der Waals surface area contributed by atoms with Crippen molar-refractivity contribution in [2.45, 2.75) is 25.6 Å². The lowest BCUT2D eigenvalue weighted by molar-refractivity contribution is -0.119. The number of hydrogen-bond acceptors (Lipinski definition) is 3. The molecule has 0 unspecified atom stereocenters. The number of carbonyl (C=O) groups is 1. The summed E-state index contributed by atoms with van der Waals surface area (Å²) in [5, 5.41) is 3.75. The Hall–Kier alpha value is -1.65. The number of carbonyl (C=O) groups excluding carboxylic acids is 1. The van der Waals surface area contributed by atoms with Crippen molar-refractivity contribution in [3.8, 4) is 5.75 Å². The normalized spacial score (nSPS) is 11.8. The van der Waals surface area contributed by atoms with E-state index in [2.05, 4.69) is 5.32 Å². The van der Waals surface area contributed by atoms with Gasteiger partial charge in [0.05, 0.1) is 18.4 Å². The Morgan fingerprint density at radius 2 is 1.83 bits per heavy atom. The highest BCUT2D eigenvalue weighted by atomic mass is 35.5. The van der Waals surface area contributed by atoms with Crippen LogP contribution in [0.3, 0.4) is 0 Å². The summed E-state index contributed by atoms with van der Waals surface area (Å²) in [4.78, 5) is 12.1. The molecule has 1 N–H and O–H groups in total. The fraction of sp³-hybridized carbons (Fsp3) is 0.316. The van der Waals surface area contributed by atoms with Gasteiger partial charge in [0, 0.05) is 10.8 Å². The van der Waals surface area contributed by atoms with Gasteiger partial charge in [0.2, 0.25) is 5.91 Å². The summed E-state index contributed by atoms with van der Waals surface area (Å²) in [5.74, 6) is 2.11. The number of hydrogen-bond donors (Lipinski definition) is 1. The van der Waals surface area contributed by atoms with Crippen LogP contribution in [0.25, 0.3) is 0 Å². The fourth-order valence-corrected chi connectivity index (χ4v) is 3.15. The van der Waals surface area contributed by atoms with E-state index in [1.165, 1.54) is 0 Å². The molecule has 0 saturated heterocycles. The lowest BCUT2D eigenvalue weighted by atomic mass is 10.1. The van der Waals surface area contributed by atoms with Crippen molar-refractivity contribution in [2.24, 2.45) is 0 Å². The molecular formula is C19H22ClNO2S. The van der Waals surface area contributed by atoms with Crippen molar-refractivity contribution in [3.63, 3.8) is 0 Å². The average molecular weight is 364 g/mol. The number of benzene rings is 2. The van der Waals surface area contributed by atoms with E-state index in [1.54, 1.807) is 11.8 Å². The third-order valence-corrected chi connectivity index (χ3v) is 4.74. The minimum Gasteiger partial charge on any atom is -0.494 e. The van der Waals surface area contributed by atoms with Crippen molar-refractivity contribution in [3.05, 3.63) is 64.7 Å². The third-order valence-electron chi connectivity index (χ3n) is 3.48. The van der Waals surface area contributed by atoms with Crippen LogP contribution in [0.2, 0.25) is 5.02 Å². The van der Waals surface area contributed by atoms with Crippen LogP contribution in [0.15, 0.2) is 48.5 Å². The first-order valence-corrected chi connectivity index (χ1v) is 9.46. The van der Waals surface area contributed by atoms with Crippen LogP contribution in [0.5, 0.6) is 5.75 Å². The molecule has 2 aromatic rings. The molecule has 1 atom stereocenters. The van der Waals surface area contributed by atoms with Crippen LogP contribution in [0.1, 0.15) is 31.0 Å². The number of rotatable bonds is 8. The second kappa shape index (κ2) is 9.60. The van der Waals surface area contributed by atoms with E-state index in [0.717, 1.165) is 27.7 Å². The molecule has 2 aromatic carbocycles. The van der Waals surface area contributed by atoms with Gasteiger partial charge in [0.25, 0.3) is 0 Å². The van der Waals surface area contributed by atoms with E-state index in [0.29, 0.717) is 12.4 Å². The lowest BCUT2D eigenvalue weighted by Gasteiger charge is -2.15. The molecule has 0 aromatic heterocycles. The van der Waals surface area contributed by atoms with Crippen molar-refractivity contribution in [1.82, 2.24) is 5.32 Å². The van der Waals surface area contributed by atoms with Gasteiger partial charge in [-0.25, -0.2) is 0 Å². The molecule has 2 rings (SSSR count). The van der Waals surface area contributed by atoms with Gasteiger partial charge in [-0.15, -0.1) is 11.8 Å². The molecule has 0 aliphatic carbocycles. The average Bonchev–Trinajstić information content (AvgIpc) is 2.57. The topological polar surface area (TPSA) is 38.3 Å². The van der Waals surface area contributed by atoms with Gasteiger partial charge < -0.3 is 10.1 Å².